The molecule has 3 saturated heterocycles. The molecule has 4 heterocycles. The molecule has 4 aliphatic heterocycles. The van der Waals surface area contributed by atoms with Crippen molar-refractivity contribution in [1.29, 1.82) is 0 Å². The maximum Gasteiger partial charge on any atom is 0.291 e. The lowest BCUT2D eigenvalue weighted by Crippen LogP contribution is -3.19. The van der Waals surface area contributed by atoms with E-state index in [1.54, 1.807) is 31.4 Å². The lowest BCUT2D eigenvalue weighted by molar-refractivity contribution is -0.948. The predicted molar refractivity (Wildman–Crippen MR) is 113 cm³/mol. The minimum atomic E-state index is -1.04. The zero-order valence-electron chi connectivity index (χ0n) is 17.5. The second kappa shape index (κ2) is 6.17. The monoisotopic (exact) mass is 418 g/mol. The van der Waals surface area contributed by atoms with Crippen LogP contribution in [-0.2, 0) is 19.9 Å². The number of imide groups is 1. The van der Waals surface area contributed by atoms with Crippen LogP contribution in [-0.4, -0.2) is 37.4 Å². The van der Waals surface area contributed by atoms with Crippen molar-refractivity contribution in [3.63, 3.8) is 0 Å². The van der Waals surface area contributed by atoms with Crippen molar-refractivity contribution in [3.05, 3.63) is 53.6 Å². The molecule has 0 aliphatic carbocycles. The summed E-state index contributed by atoms with van der Waals surface area (Å²) in [5, 5.41) is 3.03. The second-order valence-electron chi connectivity index (χ2n) is 9.05. The third-order valence-electron chi connectivity index (χ3n) is 7.70. The SMILES string of the molecule is COc1ccc(N2C(=O)[C@H]3[C@@H](C2=O)[C@]2(C(=O)Nc4ccc(C)cc42)[NH+]2CCC[C@@H]32)cc1. The number of ether oxygens (including phenoxy) is 1. The van der Waals surface area contributed by atoms with Crippen molar-refractivity contribution in [1.82, 2.24) is 0 Å². The lowest BCUT2D eigenvalue weighted by atomic mass is 9.75. The van der Waals surface area contributed by atoms with Crippen LogP contribution in [0, 0.1) is 18.8 Å². The van der Waals surface area contributed by atoms with Crippen LogP contribution < -0.4 is 19.9 Å². The fourth-order valence-electron chi connectivity index (χ4n) is 6.56. The van der Waals surface area contributed by atoms with Crippen LogP contribution in [0.3, 0.4) is 0 Å². The van der Waals surface area contributed by atoms with Gasteiger partial charge in [-0.3, -0.25) is 14.4 Å². The number of quaternary nitrogens is 1. The Kier molecular flexibility index (Phi) is 3.69. The van der Waals surface area contributed by atoms with Gasteiger partial charge >= 0.3 is 0 Å². The van der Waals surface area contributed by atoms with E-state index in [1.807, 2.05) is 25.1 Å². The molecule has 0 saturated carbocycles. The molecule has 5 atom stereocenters. The summed E-state index contributed by atoms with van der Waals surface area (Å²) in [6, 6.07) is 12.8. The molecule has 7 heteroatoms. The van der Waals surface area contributed by atoms with Gasteiger partial charge in [0.15, 0.2) is 0 Å². The van der Waals surface area contributed by atoms with Gasteiger partial charge in [0.05, 0.1) is 25.0 Å². The van der Waals surface area contributed by atoms with Gasteiger partial charge in [-0.15, -0.1) is 0 Å². The highest BCUT2D eigenvalue weighted by molar-refractivity contribution is 6.25. The van der Waals surface area contributed by atoms with Crippen molar-refractivity contribution in [2.75, 3.05) is 23.9 Å². The number of aryl methyl sites for hydroxylation is 1. The minimum Gasteiger partial charge on any atom is -0.497 e. The number of nitrogens with one attached hydrogen (secondary N) is 2. The fraction of sp³-hybridized carbons (Fsp3) is 0.375. The minimum absolute atomic E-state index is 0.0260. The summed E-state index contributed by atoms with van der Waals surface area (Å²) in [7, 11) is 1.57. The van der Waals surface area contributed by atoms with Crippen LogP contribution in [0.4, 0.5) is 11.4 Å². The number of carbonyl (C=O) groups excluding carboxylic acids is 3. The molecule has 6 rings (SSSR count). The summed E-state index contributed by atoms with van der Waals surface area (Å²) in [5.41, 5.74) is 2.16. The molecule has 0 radical (unpaired) electrons. The molecule has 0 aromatic heterocycles. The Morgan fingerprint density at radius 1 is 1.10 bits per heavy atom. The smallest absolute Gasteiger partial charge is 0.291 e. The van der Waals surface area contributed by atoms with Crippen LogP contribution >= 0.6 is 0 Å². The van der Waals surface area contributed by atoms with Gasteiger partial charge in [-0.25, -0.2) is 4.90 Å². The number of carbonyl (C=O) groups is 3. The maximum absolute atomic E-state index is 13.9. The highest BCUT2D eigenvalue weighted by Crippen LogP contribution is 2.52. The van der Waals surface area contributed by atoms with E-state index >= 15 is 0 Å². The highest BCUT2D eigenvalue weighted by atomic mass is 16.5. The zero-order chi connectivity index (χ0) is 21.5. The van der Waals surface area contributed by atoms with Crippen LogP contribution in [0.1, 0.15) is 24.0 Å². The molecule has 4 aliphatic rings. The molecule has 31 heavy (non-hydrogen) atoms. The normalized spacial score (nSPS) is 33.0. The first-order valence-electron chi connectivity index (χ1n) is 10.8. The number of hydrogen-bond donors (Lipinski definition) is 2. The predicted octanol–water partition coefficient (Wildman–Crippen LogP) is 1.02. The first-order valence-corrected chi connectivity index (χ1v) is 10.8. The third-order valence-corrected chi connectivity index (χ3v) is 7.70. The van der Waals surface area contributed by atoms with Gasteiger partial charge in [-0.05, 0) is 43.3 Å². The molecule has 2 aromatic rings. The van der Waals surface area contributed by atoms with E-state index in [9.17, 15) is 14.4 Å². The van der Waals surface area contributed by atoms with E-state index in [-0.39, 0.29) is 23.8 Å². The van der Waals surface area contributed by atoms with Gasteiger partial charge in [-0.1, -0.05) is 11.6 Å². The molecule has 2 N–H and O–H groups in total. The number of rotatable bonds is 2. The van der Waals surface area contributed by atoms with E-state index in [0.717, 1.165) is 41.1 Å². The maximum atomic E-state index is 13.9. The third kappa shape index (κ3) is 2.14. The Bertz CT molecular complexity index is 1140. The van der Waals surface area contributed by atoms with E-state index < -0.39 is 17.4 Å². The number of nitrogens with zero attached hydrogens (tertiary/aromatic N) is 1. The molecule has 7 nitrogen and oxygen atoms in total. The number of hydrogen-bond acceptors (Lipinski definition) is 4. The summed E-state index contributed by atoms with van der Waals surface area (Å²) in [4.78, 5) is 43.5. The van der Waals surface area contributed by atoms with Crippen molar-refractivity contribution in [3.8, 4) is 5.75 Å². The second-order valence-corrected chi connectivity index (χ2v) is 9.05. The van der Waals surface area contributed by atoms with E-state index in [0.29, 0.717) is 11.4 Å². The van der Waals surface area contributed by atoms with Crippen molar-refractivity contribution >= 4 is 29.1 Å². The number of benzene rings is 2. The van der Waals surface area contributed by atoms with Gasteiger partial charge in [0, 0.05) is 18.4 Å². The van der Waals surface area contributed by atoms with E-state index in [4.69, 9.17) is 4.74 Å². The van der Waals surface area contributed by atoms with Gasteiger partial charge in [0.1, 0.15) is 23.6 Å². The first kappa shape index (κ1) is 18.6. The average Bonchev–Trinajstić information content (AvgIpc) is 3.47. The highest BCUT2D eigenvalue weighted by Gasteiger charge is 2.78. The molecule has 3 fully saturated rings. The van der Waals surface area contributed by atoms with Gasteiger partial charge < -0.3 is 15.0 Å². The lowest BCUT2D eigenvalue weighted by Gasteiger charge is -2.33. The Morgan fingerprint density at radius 3 is 2.61 bits per heavy atom. The molecule has 1 spiro atoms. The summed E-state index contributed by atoms with van der Waals surface area (Å²) >= 11 is 0. The molecular weight excluding hydrogens is 394 g/mol. The number of anilines is 2. The average molecular weight is 418 g/mol. The van der Waals surface area contributed by atoms with Crippen LogP contribution in [0.5, 0.6) is 5.75 Å². The Morgan fingerprint density at radius 2 is 1.87 bits per heavy atom. The topological polar surface area (TPSA) is 80.1 Å². The van der Waals surface area contributed by atoms with Crippen molar-refractivity contribution < 1.29 is 24.0 Å². The first-order chi connectivity index (χ1) is 15.0. The molecule has 0 bridgehead atoms. The largest absolute Gasteiger partial charge is 0.497 e. The summed E-state index contributed by atoms with van der Waals surface area (Å²) in [6.07, 6.45) is 1.80. The molecular formula is C24H24N3O4+. The van der Waals surface area contributed by atoms with E-state index in [1.165, 1.54) is 4.90 Å². The van der Waals surface area contributed by atoms with Crippen LogP contribution in [0.15, 0.2) is 42.5 Å². The molecule has 1 unspecified atom stereocenters. The quantitative estimate of drug-likeness (QED) is 0.714. The molecule has 158 valence electrons. The Hall–Kier alpha value is -3.19. The molecule has 2 aromatic carbocycles. The van der Waals surface area contributed by atoms with Gasteiger partial charge in [-0.2, -0.15) is 0 Å². The van der Waals surface area contributed by atoms with Crippen molar-refractivity contribution in [2.24, 2.45) is 11.8 Å². The summed E-state index contributed by atoms with van der Waals surface area (Å²) in [5.74, 6) is -1.12. The summed E-state index contributed by atoms with van der Waals surface area (Å²) < 4.78 is 5.21. The van der Waals surface area contributed by atoms with Gasteiger partial charge in [0.2, 0.25) is 17.4 Å². The van der Waals surface area contributed by atoms with Crippen LogP contribution in [0.25, 0.3) is 0 Å². The standard InChI is InChI=1S/C24H23N3O4/c1-13-5-10-17-16(12-13)24(23(30)25-17)20-19(18-4-3-11-26(18)24)21(28)27(22(20)29)14-6-8-15(31-2)9-7-14/h5-10,12,18-20H,3-4,11H2,1-2H3,(H,25,30)/p+1/t18-,19+,20-,24+/m0/s1. The van der Waals surface area contributed by atoms with Crippen molar-refractivity contribution in [2.45, 2.75) is 31.3 Å². The molecule has 3 amide bonds. The Balaban J connectivity index is 1.53. The van der Waals surface area contributed by atoms with E-state index in [2.05, 4.69) is 5.32 Å². The van der Waals surface area contributed by atoms with Gasteiger partial charge in [0.25, 0.3) is 5.91 Å². The number of methoxy groups -OCH3 is 1. The Labute approximate surface area is 180 Å². The number of fused-ring (bicyclic) bond motifs is 7. The fourth-order valence-corrected chi connectivity index (χ4v) is 6.56. The number of amides is 3. The summed E-state index contributed by atoms with van der Waals surface area (Å²) in [6.45, 7) is 2.78. The zero-order valence-corrected chi connectivity index (χ0v) is 17.5. The van der Waals surface area contributed by atoms with Crippen LogP contribution in [0.2, 0.25) is 0 Å².